The van der Waals surface area contributed by atoms with E-state index >= 15 is 0 Å². The van der Waals surface area contributed by atoms with Gasteiger partial charge in [-0.3, -0.25) is 14.6 Å². The summed E-state index contributed by atoms with van der Waals surface area (Å²) < 4.78 is 5.54. The highest BCUT2D eigenvalue weighted by atomic mass is 16.6. The smallest absolute Gasteiger partial charge is 0.411 e. The Labute approximate surface area is 132 Å². The fourth-order valence-electron chi connectivity index (χ4n) is 3.02. The molecule has 1 atom stereocenters. The van der Waals surface area contributed by atoms with Crippen LogP contribution >= 0.6 is 0 Å². The summed E-state index contributed by atoms with van der Waals surface area (Å²) in [5, 5.41) is 1.78. The molecule has 7 nitrogen and oxygen atoms in total. The van der Waals surface area contributed by atoms with Gasteiger partial charge in [0, 0.05) is 32.7 Å². The van der Waals surface area contributed by atoms with Crippen LogP contribution in [-0.2, 0) is 9.53 Å². The number of piperidine rings is 1. The van der Waals surface area contributed by atoms with Gasteiger partial charge in [-0.05, 0) is 40.0 Å². The van der Waals surface area contributed by atoms with E-state index in [-0.39, 0.29) is 12.3 Å². The van der Waals surface area contributed by atoms with Crippen molar-refractivity contribution in [2.75, 3.05) is 32.7 Å². The summed E-state index contributed by atoms with van der Waals surface area (Å²) in [6, 6.07) is 0. The molecule has 2 aliphatic heterocycles. The Morgan fingerprint density at radius 2 is 1.82 bits per heavy atom. The van der Waals surface area contributed by atoms with Crippen molar-refractivity contribution in [1.82, 2.24) is 20.2 Å². The lowest BCUT2D eigenvalue weighted by Crippen LogP contribution is -2.59. The fourth-order valence-corrected chi connectivity index (χ4v) is 3.02. The van der Waals surface area contributed by atoms with Crippen molar-refractivity contribution in [2.45, 2.75) is 51.8 Å². The Bertz CT molecular complexity index is 389. The van der Waals surface area contributed by atoms with E-state index in [2.05, 4.69) is 10.3 Å². The van der Waals surface area contributed by atoms with E-state index in [9.17, 15) is 9.59 Å². The Morgan fingerprint density at radius 3 is 2.41 bits per heavy atom. The fraction of sp³-hybridized carbons (Fsp3) is 0.867. The average molecular weight is 311 g/mol. The van der Waals surface area contributed by atoms with Gasteiger partial charge >= 0.3 is 6.09 Å². The molecule has 0 aliphatic carbocycles. The number of carbonyl (C=O) groups is 2. The van der Waals surface area contributed by atoms with Crippen molar-refractivity contribution in [3.63, 3.8) is 0 Å². The zero-order valence-corrected chi connectivity index (χ0v) is 13.8. The maximum Gasteiger partial charge on any atom is 0.411 e. The first-order chi connectivity index (χ1) is 10.4. The molecule has 0 N–H and O–H groups in total. The zero-order chi connectivity index (χ0) is 16.2. The predicted octanol–water partition coefficient (Wildman–Crippen LogP) is 1.03. The molecule has 0 saturated carbocycles. The number of nitrogens with zero attached hydrogens (tertiary/aromatic N) is 4. The Morgan fingerprint density at radius 1 is 1.14 bits per heavy atom. The van der Waals surface area contributed by atoms with Crippen LogP contribution in [0.2, 0.25) is 0 Å². The molecule has 2 rings (SSSR count). The zero-order valence-electron chi connectivity index (χ0n) is 13.8. The second kappa shape index (κ2) is 7.28. The SMILES string of the molecule is CC(C)(C)OC(=O)N1CCCCC1N1CCN([N]C=O)CC1. The average Bonchev–Trinajstić information content (AvgIpc) is 2.47. The van der Waals surface area contributed by atoms with E-state index in [1.54, 1.807) is 5.01 Å². The standard InChI is InChI=1S/C15H27N4O3/c1-15(2,3)22-14(21)19-7-5-4-6-13(19)17-8-10-18(11-9-17)16-12-20/h12-13H,4-11H2,1-3H3. The van der Waals surface area contributed by atoms with Crippen molar-refractivity contribution in [1.29, 1.82) is 0 Å². The minimum Gasteiger partial charge on any atom is -0.444 e. The number of hydrogen-bond acceptors (Lipinski definition) is 5. The quantitative estimate of drug-likeness (QED) is 0.728. The third-order valence-corrected chi connectivity index (χ3v) is 4.02. The molecule has 0 aromatic rings. The van der Waals surface area contributed by atoms with Gasteiger partial charge in [0.1, 0.15) is 5.60 Å². The molecule has 2 aliphatic rings. The van der Waals surface area contributed by atoms with Gasteiger partial charge in [-0.1, -0.05) is 0 Å². The largest absolute Gasteiger partial charge is 0.444 e. The van der Waals surface area contributed by atoms with Crippen molar-refractivity contribution in [3.05, 3.63) is 0 Å². The van der Waals surface area contributed by atoms with E-state index in [1.807, 2.05) is 25.7 Å². The van der Waals surface area contributed by atoms with E-state index in [0.29, 0.717) is 6.41 Å². The van der Waals surface area contributed by atoms with Crippen LogP contribution in [0, 0.1) is 0 Å². The number of likely N-dealkylation sites (tertiary alicyclic amines) is 1. The van der Waals surface area contributed by atoms with Gasteiger partial charge in [0.25, 0.3) is 0 Å². The molecule has 0 aromatic carbocycles. The first kappa shape index (κ1) is 17.0. The molecular formula is C15H27N4O3. The number of hydrogen-bond donors (Lipinski definition) is 0. The van der Waals surface area contributed by atoms with Crippen LogP contribution < -0.4 is 5.43 Å². The molecular weight excluding hydrogens is 284 g/mol. The van der Waals surface area contributed by atoms with Gasteiger partial charge in [0.05, 0.1) is 6.17 Å². The Balaban J connectivity index is 1.95. The molecule has 7 heteroatoms. The van der Waals surface area contributed by atoms with Crippen LogP contribution in [0.5, 0.6) is 0 Å². The van der Waals surface area contributed by atoms with Crippen LogP contribution in [0.15, 0.2) is 0 Å². The van der Waals surface area contributed by atoms with Crippen LogP contribution in [0.1, 0.15) is 40.0 Å². The number of rotatable bonds is 3. The van der Waals surface area contributed by atoms with Crippen LogP contribution in [0.25, 0.3) is 0 Å². The molecule has 0 aromatic heterocycles. The topological polar surface area (TPSA) is 67.2 Å². The summed E-state index contributed by atoms with van der Waals surface area (Å²) in [5.74, 6) is 0. The molecule has 2 saturated heterocycles. The van der Waals surface area contributed by atoms with Crippen LogP contribution in [-0.4, -0.2) is 71.8 Å². The van der Waals surface area contributed by atoms with E-state index in [1.165, 1.54) is 0 Å². The van der Waals surface area contributed by atoms with Crippen molar-refractivity contribution < 1.29 is 14.3 Å². The summed E-state index contributed by atoms with van der Waals surface area (Å²) in [5.41, 5.74) is 3.32. The second-order valence-corrected chi connectivity index (χ2v) is 6.86. The van der Waals surface area contributed by atoms with Crippen LogP contribution in [0.3, 0.4) is 0 Å². The monoisotopic (exact) mass is 311 g/mol. The van der Waals surface area contributed by atoms with E-state index in [4.69, 9.17) is 4.74 Å². The summed E-state index contributed by atoms with van der Waals surface area (Å²) in [4.78, 5) is 27.0. The normalized spacial score (nSPS) is 24.9. The maximum absolute atomic E-state index is 12.4. The van der Waals surface area contributed by atoms with E-state index < -0.39 is 5.60 Å². The first-order valence-corrected chi connectivity index (χ1v) is 8.04. The third-order valence-electron chi connectivity index (χ3n) is 4.02. The lowest BCUT2D eigenvalue weighted by atomic mass is 10.1. The Hall–Kier alpha value is -1.34. The summed E-state index contributed by atoms with van der Waals surface area (Å²) in [7, 11) is 0. The van der Waals surface area contributed by atoms with Gasteiger partial charge < -0.3 is 4.74 Å². The second-order valence-electron chi connectivity index (χ2n) is 6.86. The molecule has 0 bridgehead atoms. The van der Waals surface area contributed by atoms with Gasteiger partial charge in [0.15, 0.2) is 0 Å². The molecule has 0 spiro atoms. The highest BCUT2D eigenvalue weighted by Gasteiger charge is 2.35. The minimum absolute atomic E-state index is 0.0991. The molecule has 22 heavy (non-hydrogen) atoms. The molecule has 2 heterocycles. The van der Waals surface area contributed by atoms with Crippen molar-refractivity contribution in [3.8, 4) is 0 Å². The minimum atomic E-state index is -0.472. The highest BCUT2D eigenvalue weighted by Crippen LogP contribution is 2.23. The Kier molecular flexibility index (Phi) is 5.63. The lowest BCUT2D eigenvalue weighted by molar-refractivity contribution is -0.115. The lowest BCUT2D eigenvalue weighted by Gasteiger charge is -2.45. The predicted molar refractivity (Wildman–Crippen MR) is 81.9 cm³/mol. The maximum atomic E-state index is 12.4. The van der Waals surface area contributed by atoms with Crippen molar-refractivity contribution in [2.24, 2.45) is 0 Å². The third kappa shape index (κ3) is 4.58. The van der Waals surface area contributed by atoms with Gasteiger partial charge in [0.2, 0.25) is 6.41 Å². The van der Waals surface area contributed by atoms with E-state index in [0.717, 1.165) is 52.0 Å². The molecule has 2 amide bonds. The summed E-state index contributed by atoms with van der Waals surface area (Å²) >= 11 is 0. The molecule has 125 valence electrons. The number of amides is 2. The van der Waals surface area contributed by atoms with Gasteiger partial charge in [-0.25, -0.2) is 4.79 Å². The summed E-state index contributed by atoms with van der Waals surface area (Å²) in [6.07, 6.45) is 3.59. The van der Waals surface area contributed by atoms with Gasteiger partial charge in [-0.15, -0.1) is 0 Å². The number of ether oxygens (including phenoxy) is 1. The first-order valence-electron chi connectivity index (χ1n) is 8.04. The highest BCUT2D eigenvalue weighted by molar-refractivity contribution is 5.68. The summed E-state index contributed by atoms with van der Waals surface area (Å²) in [6.45, 7) is 9.48. The van der Waals surface area contributed by atoms with Gasteiger partial charge in [-0.2, -0.15) is 10.4 Å². The van der Waals surface area contributed by atoms with Crippen LogP contribution in [0.4, 0.5) is 4.79 Å². The number of piperazine rings is 1. The number of carbonyl (C=O) groups excluding carboxylic acids is 2. The molecule has 1 unspecified atom stereocenters. The molecule has 1 radical (unpaired) electrons. The van der Waals surface area contributed by atoms with Crippen molar-refractivity contribution >= 4 is 12.5 Å². The molecule has 2 fully saturated rings.